The Balaban J connectivity index is 2.38. The van der Waals surface area contributed by atoms with Crippen molar-refractivity contribution in [3.8, 4) is 0 Å². The van der Waals surface area contributed by atoms with Crippen LogP contribution >= 0.6 is 0 Å². The van der Waals surface area contributed by atoms with Crippen LogP contribution < -0.4 is 9.62 Å². The summed E-state index contributed by atoms with van der Waals surface area (Å²) in [5, 5.41) is 2.80. The third-order valence-electron chi connectivity index (χ3n) is 4.73. The summed E-state index contributed by atoms with van der Waals surface area (Å²) < 4.78 is 52.3. The highest BCUT2D eigenvalue weighted by atomic mass is 32.2. The highest BCUT2D eigenvalue weighted by Crippen LogP contribution is 2.20. The predicted octanol–water partition coefficient (Wildman–Crippen LogP) is 3.06. The fourth-order valence-corrected chi connectivity index (χ4v) is 3.91. The molecular weight excluding hydrogens is 452 g/mol. The van der Waals surface area contributed by atoms with Crippen LogP contribution in [0.4, 0.5) is 14.5 Å². The second kappa shape index (κ2) is 10.3. The second-order valence-corrected chi connectivity index (χ2v) is 10.7. The van der Waals surface area contributed by atoms with Crippen molar-refractivity contribution in [1.82, 2.24) is 10.2 Å². The summed E-state index contributed by atoms with van der Waals surface area (Å²) in [6.45, 7) is 6.28. The molecule has 0 aliphatic rings. The van der Waals surface area contributed by atoms with E-state index in [1.807, 2.05) is 0 Å². The average molecular weight is 482 g/mol. The molecule has 0 heterocycles. The minimum atomic E-state index is -3.90. The van der Waals surface area contributed by atoms with Gasteiger partial charge in [0.05, 0.1) is 11.9 Å². The van der Waals surface area contributed by atoms with Crippen molar-refractivity contribution >= 4 is 27.5 Å². The molecule has 0 fully saturated rings. The van der Waals surface area contributed by atoms with Gasteiger partial charge in [0.25, 0.3) is 0 Å². The predicted molar refractivity (Wildman–Crippen MR) is 123 cm³/mol. The highest BCUT2D eigenvalue weighted by Gasteiger charge is 2.31. The molecular formula is C23H29F2N3O4S. The number of benzene rings is 2. The van der Waals surface area contributed by atoms with Gasteiger partial charge < -0.3 is 10.2 Å². The molecule has 10 heteroatoms. The first-order chi connectivity index (χ1) is 15.2. The maximum absolute atomic E-state index is 13.3. The van der Waals surface area contributed by atoms with Crippen molar-refractivity contribution in [2.75, 3.05) is 17.1 Å². The van der Waals surface area contributed by atoms with Crippen LogP contribution in [-0.4, -0.2) is 49.5 Å². The maximum atomic E-state index is 13.3. The molecule has 0 aliphatic heterocycles. The van der Waals surface area contributed by atoms with E-state index in [1.54, 1.807) is 20.8 Å². The molecule has 0 saturated carbocycles. The summed E-state index contributed by atoms with van der Waals surface area (Å²) in [4.78, 5) is 27.3. The average Bonchev–Trinajstić information content (AvgIpc) is 2.69. The first kappa shape index (κ1) is 26.2. The van der Waals surface area contributed by atoms with Crippen LogP contribution in [-0.2, 0) is 26.2 Å². The molecule has 0 aromatic heterocycles. The van der Waals surface area contributed by atoms with Crippen LogP contribution in [0.15, 0.2) is 48.5 Å². The monoisotopic (exact) mass is 481 g/mol. The van der Waals surface area contributed by atoms with Gasteiger partial charge >= 0.3 is 0 Å². The Morgan fingerprint density at radius 1 is 0.970 bits per heavy atom. The van der Waals surface area contributed by atoms with Gasteiger partial charge in [-0.1, -0.05) is 12.1 Å². The van der Waals surface area contributed by atoms with E-state index in [2.05, 4.69) is 5.32 Å². The minimum absolute atomic E-state index is 0.0428. The van der Waals surface area contributed by atoms with Gasteiger partial charge in [0, 0.05) is 12.1 Å². The Hall–Kier alpha value is -3.01. The zero-order valence-electron chi connectivity index (χ0n) is 19.3. The van der Waals surface area contributed by atoms with Crippen molar-refractivity contribution < 1.29 is 26.8 Å². The summed E-state index contributed by atoms with van der Waals surface area (Å²) in [7, 11) is -3.90. The van der Waals surface area contributed by atoms with Gasteiger partial charge in [-0.05, 0) is 69.7 Å². The van der Waals surface area contributed by atoms with Crippen LogP contribution in [0.3, 0.4) is 0 Å². The third kappa shape index (κ3) is 7.81. The number of anilines is 1. The van der Waals surface area contributed by atoms with E-state index < -0.39 is 51.6 Å². The van der Waals surface area contributed by atoms with E-state index in [0.717, 1.165) is 22.7 Å². The summed E-state index contributed by atoms with van der Waals surface area (Å²) in [5.41, 5.74) is 0.122. The van der Waals surface area contributed by atoms with Crippen molar-refractivity contribution in [3.63, 3.8) is 0 Å². The van der Waals surface area contributed by atoms with Crippen LogP contribution in [0, 0.1) is 11.6 Å². The van der Waals surface area contributed by atoms with Crippen molar-refractivity contribution in [1.29, 1.82) is 0 Å². The zero-order valence-corrected chi connectivity index (χ0v) is 20.1. The Morgan fingerprint density at radius 2 is 1.45 bits per heavy atom. The molecule has 0 radical (unpaired) electrons. The molecule has 0 saturated heterocycles. The number of carbonyl (C=O) groups is 2. The summed E-state index contributed by atoms with van der Waals surface area (Å²) in [5.74, 6) is -2.07. The molecule has 1 atom stereocenters. The first-order valence-corrected chi connectivity index (χ1v) is 12.1. The van der Waals surface area contributed by atoms with Gasteiger partial charge in [-0.2, -0.15) is 0 Å². The van der Waals surface area contributed by atoms with E-state index in [-0.39, 0.29) is 12.2 Å². The van der Waals surface area contributed by atoms with Gasteiger partial charge in [0.15, 0.2) is 0 Å². The first-order valence-electron chi connectivity index (χ1n) is 10.3. The smallest absolute Gasteiger partial charge is 0.244 e. The Bertz CT molecular complexity index is 1080. The van der Waals surface area contributed by atoms with Crippen molar-refractivity contribution in [2.45, 2.75) is 45.8 Å². The lowest BCUT2D eigenvalue weighted by molar-refractivity contribution is -0.140. The Kier molecular flexibility index (Phi) is 8.18. The van der Waals surface area contributed by atoms with Gasteiger partial charge in [-0.25, -0.2) is 17.2 Å². The van der Waals surface area contributed by atoms with E-state index >= 15 is 0 Å². The number of hydrogen-bond acceptors (Lipinski definition) is 4. The van der Waals surface area contributed by atoms with E-state index in [0.29, 0.717) is 5.56 Å². The molecule has 2 aromatic rings. The number of hydrogen-bond donors (Lipinski definition) is 1. The number of halogens is 2. The molecule has 0 bridgehead atoms. The fraction of sp³-hybridized carbons (Fsp3) is 0.391. The normalized spacial score (nSPS) is 12.7. The topological polar surface area (TPSA) is 86.8 Å². The fourth-order valence-electron chi connectivity index (χ4n) is 3.06. The minimum Gasteiger partial charge on any atom is -0.350 e. The number of carbonyl (C=O) groups excluding carboxylic acids is 2. The molecule has 0 spiro atoms. The number of amides is 2. The van der Waals surface area contributed by atoms with Crippen LogP contribution in [0.5, 0.6) is 0 Å². The van der Waals surface area contributed by atoms with E-state index in [4.69, 9.17) is 0 Å². The highest BCUT2D eigenvalue weighted by molar-refractivity contribution is 7.92. The summed E-state index contributed by atoms with van der Waals surface area (Å²) >= 11 is 0. The molecule has 2 aromatic carbocycles. The molecule has 1 unspecified atom stereocenters. The standard InChI is InChI=1S/C23H29F2N3O4S/c1-16(22(30)26-23(2,3)4)27(14-17-6-8-18(24)9-7-17)21(29)15-28(33(5,31)32)20-12-10-19(25)11-13-20/h6-13,16H,14-15H2,1-5H3,(H,26,30). The molecule has 180 valence electrons. The molecule has 2 amide bonds. The third-order valence-corrected chi connectivity index (χ3v) is 5.87. The van der Waals surface area contributed by atoms with Crippen LogP contribution in [0.1, 0.15) is 33.3 Å². The lowest BCUT2D eigenvalue weighted by atomic mass is 10.1. The van der Waals surface area contributed by atoms with Crippen LogP contribution in [0.25, 0.3) is 0 Å². The lowest BCUT2D eigenvalue weighted by Gasteiger charge is -2.33. The molecule has 33 heavy (non-hydrogen) atoms. The van der Waals surface area contributed by atoms with E-state index in [1.165, 1.54) is 48.2 Å². The van der Waals surface area contributed by atoms with E-state index in [9.17, 15) is 26.8 Å². The van der Waals surface area contributed by atoms with Crippen LogP contribution in [0.2, 0.25) is 0 Å². The zero-order chi connectivity index (χ0) is 25.0. The molecule has 1 N–H and O–H groups in total. The molecule has 2 rings (SSSR count). The Morgan fingerprint density at radius 3 is 1.91 bits per heavy atom. The summed E-state index contributed by atoms with van der Waals surface area (Å²) in [6.07, 6.45) is 0.934. The SMILES string of the molecule is CC(C(=O)NC(C)(C)C)N(Cc1ccc(F)cc1)C(=O)CN(c1ccc(F)cc1)S(C)(=O)=O. The lowest BCUT2D eigenvalue weighted by Crippen LogP contribution is -2.54. The largest absolute Gasteiger partial charge is 0.350 e. The Labute approximate surface area is 193 Å². The van der Waals surface area contributed by atoms with Gasteiger partial charge in [-0.15, -0.1) is 0 Å². The van der Waals surface area contributed by atoms with Gasteiger partial charge in [0.2, 0.25) is 21.8 Å². The number of rotatable bonds is 8. The van der Waals surface area contributed by atoms with Crippen molar-refractivity contribution in [3.05, 3.63) is 65.7 Å². The maximum Gasteiger partial charge on any atom is 0.244 e. The van der Waals surface area contributed by atoms with Gasteiger partial charge in [0.1, 0.15) is 24.2 Å². The summed E-state index contributed by atoms with van der Waals surface area (Å²) in [6, 6.07) is 9.18. The van der Waals surface area contributed by atoms with Crippen molar-refractivity contribution in [2.24, 2.45) is 0 Å². The quantitative estimate of drug-likeness (QED) is 0.628. The second-order valence-electron chi connectivity index (χ2n) is 8.81. The number of nitrogens with zero attached hydrogens (tertiary/aromatic N) is 2. The number of nitrogens with one attached hydrogen (secondary N) is 1. The van der Waals surface area contributed by atoms with Gasteiger partial charge in [-0.3, -0.25) is 13.9 Å². The molecule has 0 aliphatic carbocycles. The number of sulfonamides is 1. The molecule has 7 nitrogen and oxygen atoms in total.